The fraction of sp³-hybridized carbons (Fsp3) is 0.636. The van der Waals surface area contributed by atoms with Gasteiger partial charge in [0.05, 0.1) is 17.7 Å². The minimum atomic E-state index is -4.95. The Morgan fingerprint density at radius 2 is 1.38 bits per heavy atom. The topological polar surface area (TPSA) is 55.4 Å². The van der Waals surface area contributed by atoms with Crippen LogP contribution in [-0.4, -0.2) is 18.5 Å². The monoisotopic (exact) mass is 469 g/mol. The van der Waals surface area contributed by atoms with Gasteiger partial charge < -0.3 is 10.1 Å². The number of rotatable bonds is 13. The summed E-state index contributed by atoms with van der Waals surface area (Å²) in [5, 5.41) is 2.28. The highest BCUT2D eigenvalue weighted by Crippen LogP contribution is 2.36. The van der Waals surface area contributed by atoms with Crippen LogP contribution in [-0.2, 0) is 33.2 Å². The van der Waals surface area contributed by atoms with Gasteiger partial charge in [-0.3, -0.25) is 9.59 Å². The number of carbonyl (C=O) groups excluding carboxylic acids is 2. The van der Waals surface area contributed by atoms with Gasteiger partial charge in [-0.1, -0.05) is 39.0 Å². The summed E-state index contributed by atoms with van der Waals surface area (Å²) in [4.78, 5) is 23.5. The second kappa shape index (κ2) is 13.3. The molecule has 0 aliphatic heterocycles. The lowest BCUT2D eigenvalue weighted by molar-refractivity contribution is -0.144. The molecule has 0 fully saturated rings. The largest absolute Gasteiger partial charge is 0.466 e. The van der Waals surface area contributed by atoms with Crippen LogP contribution in [0.25, 0.3) is 0 Å². The van der Waals surface area contributed by atoms with Crippen molar-refractivity contribution >= 4 is 11.9 Å². The van der Waals surface area contributed by atoms with Crippen molar-refractivity contribution in [3.05, 3.63) is 34.9 Å². The molecule has 0 aromatic heterocycles. The van der Waals surface area contributed by atoms with Crippen LogP contribution in [0.3, 0.4) is 0 Å². The SMILES string of the molecule is CCCCCCCCOC(=O)CCCC(=O)NCc1cc(C(F)(F)F)cc(C(F)(F)F)c1. The first-order valence-electron chi connectivity index (χ1n) is 10.6. The number of benzene rings is 1. The summed E-state index contributed by atoms with van der Waals surface area (Å²) >= 11 is 0. The van der Waals surface area contributed by atoms with Crippen molar-refractivity contribution in [2.75, 3.05) is 6.61 Å². The zero-order chi connectivity index (χ0) is 24.2. The molecule has 1 amide bonds. The fourth-order valence-corrected chi connectivity index (χ4v) is 2.94. The van der Waals surface area contributed by atoms with Crippen LogP contribution in [0.15, 0.2) is 18.2 Å². The van der Waals surface area contributed by atoms with Gasteiger partial charge in [-0.25, -0.2) is 0 Å². The molecule has 0 spiro atoms. The number of alkyl halides is 6. The number of halogens is 6. The maximum Gasteiger partial charge on any atom is 0.416 e. The molecule has 1 aromatic carbocycles. The van der Waals surface area contributed by atoms with Gasteiger partial charge in [0.2, 0.25) is 5.91 Å². The summed E-state index contributed by atoms with van der Waals surface area (Å²) in [6.45, 7) is 1.94. The molecule has 0 saturated carbocycles. The van der Waals surface area contributed by atoms with Crippen LogP contribution in [0.4, 0.5) is 26.3 Å². The van der Waals surface area contributed by atoms with Gasteiger partial charge in [-0.2, -0.15) is 26.3 Å². The normalized spacial score (nSPS) is 12.0. The lowest BCUT2D eigenvalue weighted by atomic mass is 10.0. The van der Waals surface area contributed by atoms with Crippen LogP contribution in [0.1, 0.15) is 81.4 Å². The van der Waals surface area contributed by atoms with Crippen LogP contribution in [0, 0.1) is 0 Å². The predicted molar refractivity (Wildman–Crippen MR) is 106 cm³/mol. The molecule has 182 valence electrons. The van der Waals surface area contributed by atoms with Gasteiger partial charge in [0.15, 0.2) is 0 Å². The number of hydrogen-bond acceptors (Lipinski definition) is 3. The molecule has 1 rings (SSSR count). The Labute approximate surface area is 183 Å². The average molecular weight is 469 g/mol. The smallest absolute Gasteiger partial charge is 0.416 e. The van der Waals surface area contributed by atoms with E-state index in [0.717, 1.165) is 32.1 Å². The van der Waals surface area contributed by atoms with Crippen molar-refractivity contribution in [1.29, 1.82) is 0 Å². The minimum Gasteiger partial charge on any atom is -0.466 e. The molecule has 1 N–H and O–H groups in total. The molecule has 10 heteroatoms. The fourth-order valence-electron chi connectivity index (χ4n) is 2.94. The van der Waals surface area contributed by atoms with Crippen molar-refractivity contribution in [3.8, 4) is 0 Å². The third-order valence-corrected chi connectivity index (χ3v) is 4.68. The van der Waals surface area contributed by atoms with Gasteiger partial charge in [-0.05, 0) is 36.6 Å². The first-order chi connectivity index (χ1) is 14.9. The molecule has 0 unspecified atom stereocenters. The molecule has 0 aliphatic rings. The van der Waals surface area contributed by atoms with Crippen molar-refractivity contribution in [2.24, 2.45) is 0 Å². The Morgan fingerprint density at radius 1 is 0.812 bits per heavy atom. The Hall–Kier alpha value is -2.26. The van der Waals surface area contributed by atoms with Crippen molar-refractivity contribution in [1.82, 2.24) is 5.32 Å². The van der Waals surface area contributed by atoms with E-state index in [2.05, 4.69) is 12.2 Å². The second-order valence-electron chi connectivity index (χ2n) is 7.53. The van der Waals surface area contributed by atoms with Crippen molar-refractivity contribution in [2.45, 2.75) is 83.6 Å². The van der Waals surface area contributed by atoms with Crippen molar-refractivity contribution < 1.29 is 40.7 Å². The molecule has 4 nitrogen and oxygen atoms in total. The second-order valence-corrected chi connectivity index (χ2v) is 7.53. The van der Waals surface area contributed by atoms with E-state index in [4.69, 9.17) is 4.74 Å². The van der Waals surface area contributed by atoms with Gasteiger partial charge in [-0.15, -0.1) is 0 Å². The molecule has 0 saturated heterocycles. The van der Waals surface area contributed by atoms with E-state index in [-0.39, 0.29) is 30.9 Å². The van der Waals surface area contributed by atoms with E-state index < -0.39 is 41.9 Å². The molecule has 0 heterocycles. The van der Waals surface area contributed by atoms with Gasteiger partial charge >= 0.3 is 18.3 Å². The summed E-state index contributed by atoms with van der Waals surface area (Å²) in [5.74, 6) is -1.03. The third kappa shape index (κ3) is 11.4. The highest BCUT2D eigenvalue weighted by atomic mass is 19.4. The van der Waals surface area contributed by atoms with E-state index >= 15 is 0 Å². The zero-order valence-electron chi connectivity index (χ0n) is 18.0. The highest BCUT2D eigenvalue weighted by molar-refractivity contribution is 5.77. The Bertz CT molecular complexity index is 699. The zero-order valence-corrected chi connectivity index (χ0v) is 18.0. The maximum atomic E-state index is 12.9. The molecule has 0 radical (unpaired) electrons. The van der Waals surface area contributed by atoms with Crippen LogP contribution < -0.4 is 5.32 Å². The number of unbranched alkanes of at least 4 members (excludes halogenated alkanes) is 5. The average Bonchev–Trinajstić information content (AvgIpc) is 2.70. The third-order valence-electron chi connectivity index (χ3n) is 4.68. The first-order valence-corrected chi connectivity index (χ1v) is 10.6. The van der Waals surface area contributed by atoms with E-state index in [1.165, 1.54) is 6.42 Å². The standard InChI is InChI=1S/C22H29F6NO3/c1-2-3-4-5-6-7-11-32-20(31)10-8-9-19(30)29-15-16-12-17(21(23,24)25)14-18(13-16)22(26,27)28/h12-14H,2-11,15H2,1H3,(H,29,30). The highest BCUT2D eigenvalue weighted by Gasteiger charge is 2.36. The molecule has 0 aliphatic carbocycles. The number of ether oxygens (including phenoxy) is 1. The van der Waals surface area contributed by atoms with Crippen LogP contribution in [0.2, 0.25) is 0 Å². The first kappa shape index (κ1) is 27.8. The summed E-state index contributed by atoms with van der Waals surface area (Å²) in [6, 6.07) is 1.16. The number of carbonyl (C=O) groups is 2. The number of amides is 1. The lowest BCUT2D eigenvalue weighted by Crippen LogP contribution is -2.23. The molecule has 0 atom stereocenters. The van der Waals surface area contributed by atoms with E-state index in [0.29, 0.717) is 18.7 Å². The van der Waals surface area contributed by atoms with E-state index in [9.17, 15) is 35.9 Å². The molecule has 1 aromatic rings. The summed E-state index contributed by atoms with van der Waals surface area (Å²) < 4.78 is 82.2. The molecule has 0 bridgehead atoms. The van der Waals surface area contributed by atoms with E-state index in [1.807, 2.05) is 0 Å². The molecular formula is C22H29F6NO3. The molecule has 32 heavy (non-hydrogen) atoms. The number of esters is 1. The lowest BCUT2D eigenvalue weighted by Gasteiger charge is -2.14. The minimum absolute atomic E-state index is 0.00500. The predicted octanol–water partition coefficient (Wildman–Crippen LogP) is 6.41. The van der Waals surface area contributed by atoms with Crippen LogP contribution in [0.5, 0.6) is 0 Å². The quantitative estimate of drug-likeness (QED) is 0.206. The number of hydrogen-bond donors (Lipinski definition) is 1. The summed E-state index contributed by atoms with van der Waals surface area (Å²) in [7, 11) is 0. The number of nitrogens with one attached hydrogen (secondary N) is 1. The Morgan fingerprint density at radius 3 is 1.94 bits per heavy atom. The summed E-state index contributed by atoms with van der Waals surface area (Å²) in [6.07, 6.45) is -3.52. The van der Waals surface area contributed by atoms with E-state index in [1.54, 1.807) is 0 Å². The summed E-state index contributed by atoms with van der Waals surface area (Å²) in [5.41, 5.74) is -3.20. The Kier molecular flexibility index (Phi) is 11.6. The van der Waals surface area contributed by atoms with Gasteiger partial charge in [0.25, 0.3) is 0 Å². The Balaban J connectivity index is 2.38. The van der Waals surface area contributed by atoms with Gasteiger partial charge in [0, 0.05) is 19.4 Å². The van der Waals surface area contributed by atoms with Gasteiger partial charge in [0.1, 0.15) is 0 Å². The maximum absolute atomic E-state index is 12.9. The van der Waals surface area contributed by atoms with Crippen molar-refractivity contribution in [3.63, 3.8) is 0 Å². The van der Waals surface area contributed by atoms with Crippen LogP contribution >= 0.6 is 0 Å². The molecular weight excluding hydrogens is 440 g/mol.